The van der Waals surface area contributed by atoms with Crippen LogP contribution in [0, 0.1) is 13.8 Å². The van der Waals surface area contributed by atoms with Crippen LogP contribution in [0.5, 0.6) is 0 Å². The lowest BCUT2D eigenvalue weighted by molar-refractivity contribution is 0.0347. The lowest BCUT2D eigenvalue weighted by Crippen LogP contribution is -2.21. The van der Waals surface area contributed by atoms with Crippen molar-refractivity contribution in [3.8, 4) is 0 Å². The highest BCUT2D eigenvalue weighted by atomic mass is 16.5. The summed E-state index contributed by atoms with van der Waals surface area (Å²) in [5.74, 6) is 0.877. The molecule has 100 valence electrons. The number of hydrogen-bond acceptors (Lipinski definition) is 4. The lowest BCUT2D eigenvalue weighted by atomic mass is 9.98. The van der Waals surface area contributed by atoms with Crippen molar-refractivity contribution >= 4 is 5.82 Å². The molecule has 1 N–H and O–H groups in total. The fraction of sp³-hybridized carbons (Fsp3) is 0.714. The number of nitrogens with zero attached hydrogens (tertiary/aromatic N) is 2. The summed E-state index contributed by atoms with van der Waals surface area (Å²) in [7, 11) is 0. The summed E-state index contributed by atoms with van der Waals surface area (Å²) in [6, 6.07) is 0. The van der Waals surface area contributed by atoms with E-state index in [1.54, 1.807) is 6.20 Å². The van der Waals surface area contributed by atoms with Gasteiger partial charge in [0.05, 0.1) is 24.1 Å². The third-order valence-corrected chi connectivity index (χ3v) is 3.38. The van der Waals surface area contributed by atoms with E-state index in [4.69, 9.17) is 4.74 Å². The first-order valence-corrected chi connectivity index (χ1v) is 6.91. The molecular weight excluding hydrogens is 226 g/mol. The second-order valence-corrected chi connectivity index (χ2v) is 5.00. The zero-order valence-electron chi connectivity index (χ0n) is 11.4. The summed E-state index contributed by atoms with van der Waals surface area (Å²) >= 11 is 0. The highest BCUT2D eigenvalue weighted by Gasteiger charge is 2.13. The van der Waals surface area contributed by atoms with Gasteiger partial charge in [0.15, 0.2) is 0 Å². The first-order valence-electron chi connectivity index (χ1n) is 6.91. The summed E-state index contributed by atoms with van der Waals surface area (Å²) in [5, 5.41) is 3.29. The van der Waals surface area contributed by atoms with Gasteiger partial charge in [-0.1, -0.05) is 19.3 Å². The number of aryl methyl sites for hydroxylation is 2. The quantitative estimate of drug-likeness (QED) is 0.815. The van der Waals surface area contributed by atoms with Gasteiger partial charge in [-0.05, 0) is 26.7 Å². The van der Waals surface area contributed by atoms with Crippen molar-refractivity contribution in [3.63, 3.8) is 0 Å². The molecule has 2 rings (SSSR count). The van der Waals surface area contributed by atoms with Crippen LogP contribution in [-0.2, 0) is 4.74 Å². The van der Waals surface area contributed by atoms with Crippen molar-refractivity contribution in [1.82, 2.24) is 9.97 Å². The average molecular weight is 249 g/mol. The van der Waals surface area contributed by atoms with Gasteiger partial charge in [0, 0.05) is 12.7 Å². The molecule has 0 saturated heterocycles. The highest BCUT2D eigenvalue weighted by Crippen LogP contribution is 2.20. The number of nitrogens with one attached hydrogen (secondary N) is 1. The average Bonchev–Trinajstić information content (AvgIpc) is 2.40. The molecule has 1 heterocycles. The van der Waals surface area contributed by atoms with Crippen molar-refractivity contribution in [1.29, 1.82) is 0 Å². The van der Waals surface area contributed by atoms with Gasteiger partial charge in [-0.15, -0.1) is 0 Å². The maximum absolute atomic E-state index is 5.86. The predicted molar refractivity (Wildman–Crippen MR) is 72.8 cm³/mol. The Balaban J connectivity index is 1.69. The van der Waals surface area contributed by atoms with Gasteiger partial charge in [0.1, 0.15) is 5.82 Å². The SMILES string of the molecule is Cc1cnc(C)c(NCCOC2CCCCC2)n1. The zero-order valence-corrected chi connectivity index (χ0v) is 11.4. The summed E-state index contributed by atoms with van der Waals surface area (Å²) in [6.45, 7) is 5.47. The molecule has 0 aromatic carbocycles. The van der Waals surface area contributed by atoms with Gasteiger partial charge in [0.2, 0.25) is 0 Å². The molecule has 1 aliphatic rings. The van der Waals surface area contributed by atoms with Gasteiger partial charge in [-0.2, -0.15) is 0 Å². The number of aromatic nitrogens is 2. The molecular formula is C14H23N3O. The van der Waals surface area contributed by atoms with Crippen LogP contribution in [0.2, 0.25) is 0 Å². The molecule has 1 aliphatic carbocycles. The predicted octanol–water partition coefficient (Wildman–Crippen LogP) is 2.85. The van der Waals surface area contributed by atoms with E-state index in [-0.39, 0.29) is 0 Å². The van der Waals surface area contributed by atoms with Crippen molar-refractivity contribution < 1.29 is 4.74 Å². The van der Waals surface area contributed by atoms with Crippen LogP contribution in [-0.4, -0.2) is 29.2 Å². The molecule has 0 atom stereocenters. The Morgan fingerprint density at radius 2 is 2.06 bits per heavy atom. The van der Waals surface area contributed by atoms with Gasteiger partial charge in [0.25, 0.3) is 0 Å². The Bertz CT molecular complexity index is 375. The summed E-state index contributed by atoms with van der Waals surface area (Å²) < 4.78 is 5.86. The van der Waals surface area contributed by atoms with E-state index in [1.165, 1.54) is 32.1 Å². The van der Waals surface area contributed by atoms with Crippen LogP contribution in [0.4, 0.5) is 5.82 Å². The fourth-order valence-corrected chi connectivity index (χ4v) is 2.33. The van der Waals surface area contributed by atoms with Crippen LogP contribution in [0.1, 0.15) is 43.5 Å². The molecule has 1 aromatic rings. The third kappa shape index (κ3) is 3.95. The summed E-state index contributed by atoms with van der Waals surface area (Å²) in [6.07, 6.45) is 8.73. The molecule has 0 amide bonds. The first kappa shape index (κ1) is 13.3. The maximum Gasteiger partial charge on any atom is 0.147 e. The smallest absolute Gasteiger partial charge is 0.147 e. The van der Waals surface area contributed by atoms with E-state index in [2.05, 4.69) is 15.3 Å². The van der Waals surface area contributed by atoms with E-state index in [0.29, 0.717) is 6.10 Å². The molecule has 1 aromatic heterocycles. The second kappa shape index (κ2) is 6.69. The molecule has 1 saturated carbocycles. The van der Waals surface area contributed by atoms with E-state index < -0.39 is 0 Å². The van der Waals surface area contributed by atoms with Crippen LogP contribution in [0.15, 0.2) is 6.20 Å². The molecule has 0 bridgehead atoms. The number of hydrogen-bond donors (Lipinski definition) is 1. The standard InChI is InChI=1S/C14H23N3O/c1-11-10-16-12(2)14(17-11)15-8-9-18-13-6-4-3-5-7-13/h10,13H,3-9H2,1-2H3,(H,15,17). The van der Waals surface area contributed by atoms with Crippen LogP contribution >= 0.6 is 0 Å². The van der Waals surface area contributed by atoms with Crippen LogP contribution in [0.3, 0.4) is 0 Å². The molecule has 4 nitrogen and oxygen atoms in total. The van der Waals surface area contributed by atoms with Crippen LogP contribution < -0.4 is 5.32 Å². The highest BCUT2D eigenvalue weighted by molar-refractivity contribution is 5.39. The molecule has 4 heteroatoms. The zero-order chi connectivity index (χ0) is 12.8. The van der Waals surface area contributed by atoms with E-state index in [0.717, 1.165) is 30.4 Å². The van der Waals surface area contributed by atoms with Gasteiger partial charge >= 0.3 is 0 Å². The Morgan fingerprint density at radius 3 is 2.83 bits per heavy atom. The maximum atomic E-state index is 5.86. The van der Waals surface area contributed by atoms with Crippen molar-refractivity contribution in [2.45, 2.75) is 52.1 Å². The van der Waals surface area contributed by atoms with E-state index in [9.17, 15) is 0 Å². The third-order valence-electron chi connectivity index (χ3n) is 3.38. The number of ether oxygens (including phenoxy) is 1. The molecule has 0 aliphatic heterocycles. The van der Waals surface area contributed by atoms with Gasteiger partial charge in [-0.25, -0.2) is 4.98 Å². The fourth-order valence-electron chi connectivity index (χ4n) is 2.33. The van der Waals surface area contributed by atoms with E-state index >= 15 is 0 Å². The molecule has 1 fully saturated rings. The molecule has 0 unspecified atom stereocenters. The minimum atomic E-state index is 0.477. The molecule has 0 radical (unpaired) electrons. The molecule has 18 heavy (non-hydrogen) atoms. The normalized spacial score (nSPS) is 16.8. The summed E-state index contributed by atoms with van der Waals surface area (Å²) in [4.78, 5) is 8.71. The Hall–Kier alpha value is -1.16. The first-order chi connectivity index (χ1) is 8.75. The number of anilines is 1. The lowest BCUT2D eigenvalue weighted by Gasteiger charge is -2.22. The Kier molecular flexibility index (Phi) is 4.93. The number of rotatable bonds is 5. The van der Waals surface area contributed by atoms with Gasteiger partial charge < -0.3 is 10.1 Å². The minimum absolute atomic E-state index is 0.477. The Labute approximate surface area is 109 Å². The molecule has 0 spiro atoms. The minimum Gasteiger partial charge on any atom is -0.376 e. The topological polar surface area (TPSA) is 47.0 Å². The second-order valence-electron chi connectivity index (χ2n) is 5.00. The van der Waals surface area contributed by atoms with Crippen molar-refractivity contribution in [2.24, 2.45) is 0 Å². The monoisotopic (exact) mass is 249 g/mol. The Morgan fingerprint density at radius 1 is 1.28 bits per heavy atom. The van der Waals surface area contributed by atoms with Crippen LogP contribution in [0.25, 0.3) is 0 Å². The van der Waals surface area contributed by atoms with Gasteiger partial charge in [-0.3, -0.25) is 4.98 Å². The largest absolute Gasteiger partial charge is 0.376 e. The summed E-state index contributed by atoms with van der Waals surface area (Å²) in [5.41, 5.74) is 1.88. The van der Waals surface area contributed by atoms with Crippen molar-refractivity contribution in [2.75, 3.05) is 18.5 Å². The van der Waals surface area contributed by atoms with Crippen molar-refractivity contribution in [3.05, 3.63) is 17.6 Å². The van der Waals surface area contributed by atoms with E-state index in [1.807, 2.05) is 13.8 Å².